The Morgan fingerprint density at radius 2 is 1.72 bits per heavy atom. The molecule has 5 heteroatoms. The first kappa shape index (κ1) is 22.0. The summed E-state index contributed by atoms with van der Waals surface area (Å²) in [6, 6.07) is 0. The zero-order valence-electron chi connectivity index (χ0n) is 16.4. The molecule has 5 nitrogen and oxygen atoms in total. The van der Waals surface area contributed by atoms with Gasteiger partial charge in [0.1, 0.15) is 17.3 Å². The van der Waals surface area contributed by atoms with E-state index in [1.54, 1.807) is 6.92 Å². The minimum atomic E-state index is -0.0470. The van der Waals surface area contributed by atoms with Crippen LogP contribution in [0.3, 0.4) is 0 Å². The summed E-state index contributed by atoms with van der Waals surface area (Å²) in [6.45, 7) is 7.11. The monoisotopic (exact) mass is 352 g/mol. The van der Waals surface area contributed by atoms with E-state index in [9.17, 15) is 14.4 Å². The van der Waals surface area contributed by atoms with Gasteiger partial charge in [-0.05, 0) is 65.7 Å². The molecular weight excluding hydrogens is 316 g/mol. The summed E-state index contributed by atoms with van der Waals surface area (Å²) in [7, 11) is 2.15. The van der Waals surface area contributed by atoms with Crippen LogP contribution in [-0.2, 0) is 14.4 Å². The Bertz CT molecular complexity index is 437. The Balaban J connectivity index is 2.75. The lowest BCUT2D eigenvalue weighted by Crippen LogP contribution is -2.37. The van der Waals surface area contributed by atoms with E-state index < -0.39 is 0 Å². The zero-order chi connectivity index (χ0) is 18.7. The molecule has 0 N–H and O–H groups in total. The molecule has 25 heavy (non-hydrogen) atoms. The van der Waals surface area contributed by atoms with Crippen molar-refractivity contribution in [3.05, 3.63) is 0 Å². The van der Waals surface area contributed by atoms with Gasteiger partial charge in [0, 0.05) is 18.8 Å². The van der Waals surface area contributed by atoms with Crippen LogP contribution < -0.4 is 0 Å². The predicted molar refractivity (Wildman–Crippen MR) is 101 cm³/mol. The number of ketones is 3. The lowest BCUT2D eigenvalue weighted by molar-refractivity contribution is -0.126. The highest BCUT2D eigenvalue weighted by Gasteiger charge is 2.22. The van der Waals surface area contributed by atoms with Crippen LogP contribution in [0.5, 0.6) is 0 Å². The van der Waals surface area contributed by atoms with E-state index in [2.05, 4.69) is 11.9 Å². The smallest absolute Gasteiger partial charge is 0.149 e. The highest BCUT2D eigenvalue weighted by molar-refractivity contribution is 5.85. The molecule has 0 aromatic rings. The second-order valence-electron chi connectivity index (χ2n) is 7.51. The van der Waals surface area contributed by atoms with Gasteiger partial charge in [-0.1, -0.05) is 13.3 Å². The Hall–Kier alpha value is -1.07. The number of nitrogens with zero attached hydrogens (tertiary/aromatic N) is 2. The van der Waals surface area contributed by atoms with Gasteiger partial charge in [0.2, 0.25) is 0 Å². The normalized spacial score (nSPS) is 22.7. The Morgan fingerprint density at radius 3 is 2.36 bits per heavy atom. The molecule has 0 aliphatic carbocycles. The number of carbonyl (C=O) groups is 3. The summed E-state index contributed by atoms with van der Waals surface area (Å²) < 4.78 is 0. The van der Waals surface area contributed by atoms with E-state index in [4.69, 9.17) is 0 Å². The number of hydrogen-bond acceptors (Lipinski definition) is 5. The lowest BCUT2D eigenvalue weighted by atomic mass is 9.91. The molecule has 0 saturated carbocycles. The van der Waals surface area contributed by atoms with Crippen molar-refractivity contribution in [1.29, 1.82) is 0 Å². The van der Waals surface area contributed by atoms with Crippen molar-refractivity contribution in [1.82, 2.24) is 9.80 Å². The van der Waals surface area contributed by atoms with Gasteiger partial charge in [-0.15, -0.1) is 0 Å². The molecule has 1 rings (SSSR count). The van der Waals surface area contributed by atoms with E-state index in [0.717, 1.165) is 51.7 Å². The number of carbonyl (C=O) groups excluding carboxylic acids is 3. The van der Waals surface area contributed by atoms with Gasteiger partial charge in [0.15, 0.2) is 0 Å². The van der Waals surface area contributed by atoms with Crippen LogP contribution in [0.4, 0.5) is 0 Å². The standard InChI is InChI=1S/C20H36N2O3/c1-4-19(24)15-22-14-8-7-13-21(3)12-6-5-9-18(20(25)16-22)11-10-17(2)23/h18H,4-16H2,1-3H3/t18-/m1/s1. The fourth-order valence-electron chi connectivity index (χ4n) is 3.37. The Labute approximate surface area is 153 Å². The predicted octanol–water partition coefficient (Wildman–Crippen LogP) is 2.72. The van der Waals surface area contributed by atoms with E-state index in [1.807, 2.05) is 11.8 Å². The Morgan fingerprint density at radius 1 is 1.08 bits per heavy atom. The van der Waals surface area contributed by atoms with Crippen LogP contribution >= 0.6 is 0 Å². The topological polar surface area (TPSA) is 57.7 Å². The van der Waals surface area contributed by atoms with Crippen LogP contribution in [0.2, 0.25) is 0 Å². The number of Topliss-reactive ketones (excluding diaryl/α,β-unsaturated/α-hetero) is 3. The third kappa shape index (κ3) is 9.85. The molecule has 1 saturated heterocycles. The maximum absolute atomic E-state index is 12.8. The highest BCUT2D eigenvalue weighted by Crippen LogP contribution is 2.18. The van der Waals surface area contributed by atoms with Crippen LogP contribution in [0.25, 0.3) is 0 Å². The maximum Gasteiger partial charge on any atom is 0.149 e. The first-order valence-corrected chi connectivity index (χ1v) is 9.87. The van der Waals surface area contributed by atoms with Crippen molar-refractivity contribution in [3.8, 4) is 0 Å². The van der Waals surface area contributed by atoms with Gasteiger partial charge < -0.3 is 9.69 Å². The van der Waals surface area contributed by atoms with Gasteiger partial charge >= 0.3 is 0 Å². The molecule has 1 heterocycles. The molecule has 0 unspecified atom stereocenters. The van der Waals surface area contributed by atoms with Crippen molar-refractivity contribution in [2.24, 2.45) is 5.92 Å². The second-order valence-corrected chi connectivity index (χ2v) is 7.51. The molecular formula is C20H36N2O3. The lowest BCUT2D eigenvalue weighted by Gasteiger charge is -2.23. The fraction of sp³-hybridized carbons (Fsp3) is 0.850. The summed E-state index contributed by atoms with van der Waals surface area (Å²) >= 11 is 0. The molecule has 0 spiro atoms. The van der Waals surface area contributed by atoms with Crippen molar-refractivity contribution < 1.29 is 14.4 Å². The number of rotatable bonds is 6. The molecule has 0 amide bonds. The number of hydrogen-bond donors (Lipinski definition) is 0. The van der Waals surface area contributed by atoms with Crippen molar-refractivity contribution in [2.45, 2.75) is 65.2 Å². The minimum absolute atomic E-state index is 0.0470. The zero-order valence-corrected chi connectivity index (χ0v) is 16.4. The fourth-order valence-corrected chi connectivity index (χ4v) is 3.37. The quantitative estimate of drug-likeness (QED) is 0.736. The summed E-state index contributed by atoms with van der Waals surface area (Å²) in [4.78, 5) is 40.4. The van der Waals surface area contributed by atoms with E-state index in [1.165, 1.54) is 0 Å². The summed E-state index contributed by atoms with van der Waals surface area (Å²) in [5.74, 6) is 0.495. The largest absolute Gasteiger partial charge is 0.306 e. The molecule has 0 aromatic heterocycles. The molecule has 1 aliphatic heterocycles. The molecule has 1 atom stereocenters. The van der Waals surface area contributed by atoms with E-state index >= 15 is 0 Å². The first-order chi connectivity index (χ1) is 11.9. The highest BCUT2D eigenvalue weighted by atomic mass is 16.1. The van der Waals surface area contributed by atoms with E-state index in [0.29, 0.717) is 32.4 Å². The van der Waals surface area contributed by atoms with Gasteiger partial charge in [-0.25, -0.2) is 0 Å². The van der Waals surface area contributed by atoms with Crippen molar-refractivity contribution >= 4 is 17.3 Å². The molecule has 0 bridgehead atoms. The first-order valence-electron chi connectivity index (χ1n) is 9.87. The second kappa shape index (κ2) is 12.3. The van der Waals surface area contributed by atoms with Gasteiger partial charge in [-0.2, -0.15) is 0 Å². The van der Waals surface area contributed by atoms with Crippen molar-refractivity contribution in [2.75, 3.05) is 39.8 Å². The molecule has 1 aliphatic rings. The van der Waals surface area contributed by atoms with E-state index in [-0.39, 0.29) is 23.3 Å². The minimum Gasteiger partial charge on any atom is -0.306 e. The average molecular weight is 353 g/mol. The SMILES string of the molecule is CCC(=O)CN1CCCCN(C)CCCC[C@H](CCC(C)=O)C(=O)C1. The van der Waals surface area contributed by atoms with Gasteiger partial charge in [-0.3, -0.25) is 14.5 Å². The molecule has 0 aromatic carbocycles. The third-order valence-electron chi connectivity index (χ3n) is 5.08. The van der Waals surface area contributed by atoms with Gasteiger partial charge in [0.05, 0.1) is 13.1 Å². The van der Waals surface area contributed by atoms with Crippen LogP contribution in [0.1, 0.15) is 65.2 Å². The molecule has 1 fully saturated rings. The summed E-state index contributed by atoms with van der Waals surface area (Å²) in [5.41, 5.74) is 0. The maximum atomic E-state index is 12.8. The van der Waals surface area contributed by atoms with Crippen LogP contribution in [0, 0.1) is 5.92 Å². The van der Waals surface area contributed by atoms with Crippen LogP contribution in [-0.4, -0.2) is 66.9 Å². The third-order valence-corrected chi connectivity index (χ3v) is 5.08. The molecule has 144 valence electrons. The van der Waals surface area contributed by atoms with Crippen molar-refractivity contribution in [3.63, 3.8) is 0 Å². The summed E-state index contributed by atoms with van der Waals surface area (Å²) in [5, 5.41) is 0. The van der Waals surface area contributed by atoms with Crippen LogP contribution in [0.15, 0.2) is 0 Å². The Kier molecular flexibility index (Phi) is 10.8. The van der Waals surface area contributed by atoms with Gasteiger partial charge in [0.25, 0.3) is 0 Å². The summed E-state index contributed by atoms with van der Waals surface area (Å²) in [6.07, 6.45) is 6.72. The average Bonchev–Trinajstić information content (AvgIpc) is 2.57. The molecule has 0 radical (unpaired) electrons.